The van der Waals surface area contributed by atoms with Crippen molar-refractivity contribution in [2.45, 2.75) is 6.10 Å². The van der Waals surface area contributed by atoms with Gasteiger partial charge in [0.1, 0.15) is 0 Å². The molecule has 3 N–H and O–H groups in total. The summed E-state index contributed by atoms with van der Waals surface area (Å²) in [6.45, 7) is 0. The average molecular weight is 348 g/mol. The molecule has 3 aromatic rings. The molecule has 0 saturated heterocycles. The van der Waals surface area contributed by atoms with Crippen molar-refractivity contribution in [2.75, 3.05) is 11.1 Å². The molecule has 1 atom stereocenters. The number of ether oxygens (including phenoxy) is 1. The number of nitrogens with zero attached hydrogens (tertiary/aromatic N) is 2. The molecule has 0 unspecified atom stereocenters. The summed E-state index contributed by atoms with van der Waals surface area (Å²) in [6, 6.07) is 17.6. The Balaban J connectivity index is 1.85. The molecule has 1 aromatic heterocycles. The van der Waals surface area contributed by atoms with Gasteiger partial charge in [0.05, 0.1) is 0 Å². The van der Waals surface area contributed by atoms with Gasteiger partial charge in [-0.25, -0.2) is 14.8 Å². The Morgan fingerprint density at radius 3 is 2.19 bits per heavy atom. The highest BCUT2D eigenvalue weighted by molar-refractivity contribution is 5.98. The van der Waals surface area contributed by atoms with Crippen LogP contribution >= 0.6 is 0 Å². The van der Waals surface area contributed by atoms with E-state index in [0.29, 0.717) is 11.3 Å². The van der Waals surface area contributed by atoms with Crippen molar-refractivity contribution in [3.63, 3.8) is 0 Å². The van der Waals surface area contributed by atoms with Gasteiger partial charge in [0, 0.05) is 23.6 Å². The van der Waals surface area contributed by atoms with Crippen LogP contribution in [0.2, 0.25) is 0 Å². The number of aromatic nitrogens is 2. The van der Waals surface area contributed by atoms with E-state index < -0.39 is 18.0 Å². The largest absolute Gasteiger partial charge is 0.442 e. The Hall–Kier alpha value is -3.74. The van der Waals surface area contributed by atoms with Crippen molar-refractivity contribution in [1.29, 1.82) is 0 Å². The molecule has 0 saturated carbocycles. The minimum absolute atomic E-state index is 0.0622. The van der Waals surface area contributed by atoms with Gasteiger partial charge in [-0.3, -0.25) is 4.79 Å². The number of hydrogen-bond acceptors (Lipinski definition) is 6. The summed E-state index contributed by atoms with van der Waals surface area (Å²) in [4.78, 5) is 32.8. The molecule has 0 aliphatic carbocycles. The molecule has 0 fully saturated rings. The van der Waals surface area contributed by atoms with Gasteiger partial charge in [0.2, 0.25) is 6.10 Å². The fraction of sp³-hybridized carbons (Fsp3) is 0.0526. The quantitative estimate of drug-likeness (QED) is 0.686. The highest BCUT2D eigenvalue weighted by Gasteiger charge is 2.27. The molecule has 1 amide bonds. The molecule has 0 radical (unpaired) electrons. The molecule has 3 rings (SSSR count). The van der Waals surface area contributed by atoms with E-state index in [1.54, 1.807) is 54.6 Å². The number of nitrogens with two attached hydrogens (primary N) is 1. The van der Waals surface area contributed by atoms with Crippen molar-refractivity contribution >= 4 is 23.4 Å². The molecule has 1 heterocycles. The van der Waals surface area contributed by atoms with E-state index in [0.717, 1.165) is 0 Å². The maximum Gasteiger partial charge on any atom is 0.361 e. The Labute approximate surface area is 149 Å². The molecule has 130 valence electrons. The molecule has 0 aliphatic rings. The van der Waals surface area contributed by atoms with Gasteiger partial charge in [-0.1, -0.05) is 48.5 Å². The lowest BCUT2D eigenvalue weighted by molar-refractivity contribution is -0.125. The summed E-state index contributed by atoms with van der Waals surface area (Å²) in [5.74, 6) is -1.38. The van der Waals surface area contributed by atoms with Crippen LogP contribution in [0.3, 0.4) is 0 Å². The molecular formula is C19H16N4O3. The van der Waals surface area contributed by atoms with Gasteiger partial charge in [-0.05, 0) is 12.1 Å². The average Bonchev–Trinajstić information content (AvgIpc) is 2.67. The summed E-state index contributed by atoms with van der Waals surface area (Å²) < 4.78 is 5.40. The molecule has 0 bridgehead atoms. The van der Waals surface area contributed by atoms with Gasteiger partial charge >= 0.3 is 5.97 Å². The molecule has 2 aromatic carbocycles. The Morgan fingerprint density at radius 1 is 0.923 bits per heavy atom. The van der Waals surface area contributed by atoms with Crippen LogP contribution in [-0.2, 0) is 9.53 Å². The number of carbonyl (C=O) groups is 2. The maximum atomic E-state index is 12.7. The van der Waals surface area contributed by atoms with E-state index >= 15 is 0 Å². The van der Waals surface area contributed by atoms with Crippen molar-refractivity contribution in [3.8, 4) is 0 Å². The molecular weight excluding hydrogens is 332 g/mol. The normalized spacial score (nSPS) is 11.4. The number of benzene rings is 2. The maximum absolute atomic E-state index is 12.7. The topological polar surface area (TPSA) is 107 Å². The third-order valence-corrected chi connectivity index (χ3v) is 3.53. The van der Waals surface area contributed by atoms with Gasteiger partial charge in [0.25, 0.3) is 5.91 Å². The number of esters is 1. The minimum atomic E-state index is -1.16. The van der Waals surface area contributed by atoms with Crippen LogP contribution in [0.25, 0.3) is 0 Å². The molecule has 0 aliphatic heterocycles. The molecule has 26 heavy (non-hydrogen) atoms. The van der Waals surface area contributed by atoms with Crippen molar-refractivity contribution in [1.82, 2.24) is 9.97 Å². The molecule has 7 nitrogen and oxygen atoms in total. The highest BCUT2D eigenvalue weighted by atomic mass is 16.5. The van der Waals surface area contributed by atoms with Crippen molar-refractivity contribution < 1.29 is 14.3 Å². The molecule has 7 heteroatoms. The lowest BCUT2D eigenvalue weighted by Crippen LogP contribution is -2.26. The van der Waals surface area contributed by atoms with E-state index in [-0.39, 0.29) is 11.5 Å². The van der Waals surface area contributed by atoms with Gasteiger partial charge < -0.3 is 15.8 Å². The predicted octanol–water partition coefficient (Wildman–Crippen LogP) is 2.60. The van der Waals surface area contributed by atoms with E-state index in [4.69, 9.17) is 10.5 Å². The van der Waals surface area contributed by atoms with E-state index in [2.05, 4.69) is 15.3 Å². The van der Waals surface area contributed by atoms with Crippen LogP contribution in [0.1, 0.15) is 22.2 Å². The third kappa shape index (κ3) is 4.02. The van der Waals surface area contributed by atoms with Crippen LogP contribution in [0, 0.1) is 0 Å². The van der Waals surface area contributed by atoms with Crippen molar-refractivity contribution in [3.05, 3.63) is 84.3 Å². The summed E-state index contributed by atoms with van der Waals surface area (Å²) in [5.41, 5.74) is 6.64. The number of carbonyl (C=O) groups excluding carboxylic acids is 2. The number of nitrogens with one attached hydrogen (secondary N) is 1. The summed E-state index contributed by atoms with van der Waals surface area (Å²) >= 11 is 0. The Bertz CT molecular complexity index is 901. The third-order valence-electron chi connectivity index (χ3n) is 3.53. The first-order valence-corrected chi connectivity index (χ1v) is 7.83. The van der Waals surface area contributed by atoms with E-state index in [9.17, 15) is 9.59 Å². The molecule has 0 spiro atoms. The first-order chi connectivity index (χ1) is 12.6. The highest BCUT2D eigenvalue weighted by Crippen LogP contribution is 2.22. The fourth-order valence-corrected chi connectivity index (χ4v) is 2.30. The first kappa shape index (κ1) is 17.1. The number of amides is 1. The second kappa shape index (κ2) is 7.89. The number of anilines is 2. The lowest BCUT2D eigenvalue weighted by Gasteiger charge is -2.18. The number of nitrogen functional groups attached to an aromatic ring is 1. The van der Waals surface area contributed by atoms with Crippen LogP contribution < -0.4 is 11.1 Å². The zero-order chi connectivity index (χ0) is 18.4. The fourth-order valence-electron chi connectivity index (χ4n) is 2.30. The standard InChI is InChI=1S/C19H16N4O3/c20-17-15(21-11-12-22-17)19(25)26-16(13-7-3-1-4-8-13)18(24)23-14-9-5-2-6-10-14/h1-12,16H,(H2,20,22)(H,23,24)/t16-/m0/s1. The van der Waals surface area contributed by atoms with E-state index in [1.807, 2.05) is 6.07 Å². The van der Waals surface area contributed by atoms with Gasteiger partial charge in [-0.15, -0.1) is 0 Å². The second-order valence-electron chi connectivity index (χ2n) is 5.34. The summed E-state index contributed by atoms with van der Waals surface area (Å²) in [5, 5.41) is 2.73. The monoisotopic (exact) mass is 348 g/mol. The second-order valence-corrected chi connectivity index (χ2v) is 5.34. The van der Waals surface area contributed by atoms with E-state index in [1.165, 1.54) is 12.4 Å². The SMILES string of the molecule is Nc1nccnc1C(=O)O[C@H](C(=O)Nc1ccccc1)c1ccccc1. The number of rotatable bonds is 5. The smallest absolute Gasteiger partial charge is 0.361 e. The van der Waals surface area contributed by atoms with Crippen LogP contribution in [0.5, 0.6) is 0 Å². The zero-order valence-electron chi connectivity index (χ0n) is 13.7. The summed E-state index contributed by atoms with van der Waals surface area (Å²) in [6.07, 6.45) is 1.53. The minimum Gasteiger partial charge on any atom is -0.442 e. The van der Waals surface area contributed by atoms with Crippen LogP contribution in [0.4, 0.5) is 11.5 Å². The zero-order valence-corrected chi connectivity index (χ0v) is 13.7. The number of hydrogen-bond donors (Lipinski definition) is 2. The Kier molecular flexibility index (Phi) is 5.19. The van der Waals surface area contributed by atoms with Crippen LogP contribution in [0.15, 0.2) is 73.1 Å². The van der Waals surface area contributed by atoms with Gasteiger partial charge in [0.15, 0.2) is 11.5 Å². The number of para-hydroxylation sites is 1. The first-order valence-electron chi connectivity index (χ1n) is 7.83. The van der Waals surface area contributed by atoms with Crippen LogP contribution in [-0.4, -0.2) is 21.8 Å². The van der Waals surface area contributed by atoms with Crippen molar-refractivity contribution in [2.24, 2.45) is 0 Å². The van der Waals surface area contributed by atoms with Gasteiger partial charge in [-0.2, -0.15) is 0 Å². The Morgan fingerprint density at radius 2 is 1.54 bits per heavy atom. The summed E-state index contributed by atoms with van der Waals surface area (Å²) in [7, 11) is 0. The predicted molar refractivity (Wildman–Crippen MR) is 96.1 cm³/mol. The lowest BCUT2D eigenvalue weighted by atomic mass is 10.1.